The van der Waals surface area contributed by atoms with Crippen molar-refractivity contribution in [3.63, 3.8) is 0 Å². The van der Waals surface area contributed by atoms with E-state index in [1.807, 2.05) is 0 Å². The number of rotatable bonds is 2. The van der Waals surface area contributed by atoms with Crippen LogP contribution in [0.4, 0.5) is 5.82 Å². The van der Waals surface area contributed by atoms with Gasteiger partial charge in [0.1, 0.15) is 5.82 Å². The number of halogens is 2. The molecule has 0 amide bonds. The van der Waals surface area contributed by atoms with Crippen LogP contribution >= 0.6 is 27.5 Å². The Morgan fingerprint density at radius 3 is 2.88 bits per heavy atom. The standard InChI is InChI=1S/C10H13BrClN3O/c1-10(2-4-16-5-3-10)15-8-7(11)6-13-9(12)14-8/h6H,2-5H2,1H3,(H,13,14,15). The summed E-state index contributed by atoms with van der Waals surface area (Å²) in [4.78, 5) is 8.07. The Hall–Kier alpha value is -0.390. The fourth-order valence-corrected chi connectivity index (χ4v) is 2.09. The molecule has 0 atom stereocenters. The zero-order valence-electron chi connectivity index (χ0n) is 8.96. The highest BCUT2D eigenvalue weighted by molar-refractivity contribution is 9.10. The van der Waals surface area contributed by atoms with Crippen molar-refractivity contribution in [1.82, 2.24) is 9.97 Å². The van der Waals surface area contributed by atoms with Crippen LogP contribution in [0.15, 0.2) is 10.7 Å². The van der Waals surface area contributed by atoms with Crippen LogP contribution in [0, 0.1) is 0 Å². The van der Waals surface area contributed by atoms with Crippen LogP contribution in [0.1, 0.15) is 19.8 Å². The maximum atomic E-state index is 5.77. The van der Waals surface area contributed by atoms with Crippen LogP contribution in [-0.2, 0) is 4.74 Å². The molecule has 88 valence electrons. The number of aromatic nitrogens is 2. The third-order valence-corrected chi connectivity index (χ3v) is 3.49. The number of nitrogens with one attached hydrogen (secondary N) is 1. The second kappa shape index (κ2) is 4.85. The maximum Gasteiger partial charge on any atom is 0.224 e. The first-order chi connectivity index (χ1) is 7.59. The molecule has 1 aromatic rings. The van der Waals surface area contributed by atoms with Crippen LogP contribution in [0.2, 0.25) is 5.28 Å². The lowest BCUT2D eigenvalue weighted by Crippen LogP contribution is -2.41. The van der Waals surface area contributed by atoms with Gasteiger partial charge in [0.15, 0.2) is 0 Å². The molecular weight excluding hydrogens is 293 g/mol. The lowest BCUT2D eigenvalue weighted by molar-refractivity contribution is 0.0657. The molecule has 2 rings (SSSR count). The van der Waals surface area contributed by atoms with E-state index in [9.17, 15) is 0 Å². The van der Waals surface area contributed by atoms with Crippen molar-refractivity contribution < 1.29 is 4.74 Å². The molecule has 2 heterocycles. The Labute approximate surface area is 108 Å². The normalized spacial score (nSPS) is 19.4. The minimum absolute atomic E-state index is 0.0124. The van der Waals surface area contributed by atoms with Gasteiger partial charge in [-0.1, -0.05) is 0 Å². The molecule has 1 saturated heterocycles. The van der Waals surface area contributed by atoms with Crippen LogP contribution in [0.3, 0.4) is 0 Å². The largest absolute Gasteiger partial charge is 0.381 e. The summed E-state index contributed by atoms with van der Waals surface area (Å²) in [5.41, 5.74) is 0.0124. The van der Waals surface area contributed by atoms with Gasteiger partial charge in [-0.25, -0.2) is 4.98 Å². The number of hydrogen-bond acceptors (Lipinski definition) is 4. The summed E-state index contributed by atoms with van der Waals surface area (Å²) < 4.78 is 6.17. The number of ether oxygens (including phenoxy) is 1. The van der Waals surface area contributed by atoms with Gasteiger partial charge >= 0.3 is 0 Å². The summed E-state index contributed by atoms with van der Waals surface area (Å²) in [6.07, 6.45) is 3.57. The van der Waals surface area contributed by atoms with Gasteiger partial charge in [0.2, 0.25) is 5.28 Å². The van der Waals surface area contributed by atoms with Crippen LogP contribution in [0.5, 0.6) is 0 Å². The van der Waals surface area contributed by atoms with Crippen LogP contribution in [-0.4, -0.2) is 28.7 Å². The monoisotopic (exact) mass is 305 g/mol. The zero-order valence-corrected chi connectivity index (χ0v) is 11.3. The topological polar surface area (TPSA) is 47.0 Å². The summed E-state index contributed by atoms with van der Waals surface area (Å²) in [5, 5.41) is 3.66. The van der Waals surface area contributed by atoms with Crippen LogP contribution in [0.25, 0.3) is 0 Å². The average molecular weight is 307 g/mol. The van der Waals surface area contributed by atoms with E-state index < -0.39 is 0 Å². The molecule has 6 heteroatoms. The van der Waals surface area contributed by atoms with E-state index in [1.54, 1.807) is 6.20 Å². The van der Waals surface area contributed by atoms with Crippen molar-refractivity contribution >= 4 is 33.3 Å². The third-order valence-electron chi connectivity index (χ3n) is 2.73. The molecule has 1 aliphatic rings. The lowest BCUT2D eigenvalue weighted by Gasteiger charge is -2.35. The fourth-order valence-electron chi connectivity index (χ4n) is 1.67. The summed E-state index contributed by atoms with van der Waals surface area (Å²) in [5.74, 6) is 0.740. The Balaban J connectivity index is 2.15. The SMILES string of the molecule is CC1(Nc2nc(Cl)ncc2Br)CCOCC1. The zero-order chi connectivity index (χ0) is 11.6. The van der Waals surface area contributed by atoms with E-state index in [0.29, 0.717) is 0 Å². The van der Waals surface area contributed by atoms with Crippen molar-refractivity contribution in [3.05, 3.63) is 16.0 Å². The molecule has 16 heavy (non-hydrogen) atoms. The summed E-state index contributed by atoms with van der Waals surface area (Å²) in [6.45, 7) is 3.72. The van der Waals surface area contributed by atoms with Crippen molar-refractivity contribution in [2.24, 2.45) is 0 Å². The second-order valence-corrected chi connectivity index (χ2v) is 5.33. The summed E-state index contributed by atoms with van der Waals surface area (Å²) in [7, 11) is 0. The Bertz CT molecular complexity index is 382. The van der Waals surface area contributed by atoms with E-state index in [2.05, 4.69) is 38.1 Å². The minimum Gasteiger partial charge on any atom is -0.381 e. The highest BCUT2D eigenvalue weighted by Gasteiger charge is 2.28. The smallest absolute Gasteiger partial charge is 0.224 e. The molecule has 1 aliphatic heterocycles. The van der Waals surface area contributed by atoms with E-state index in [-0.39, 0.29) is 10.8 Å². The van der Waals surface area contributed by atoms with Crippen molar-refractivity contribution in [3.8, 4) is 0 Å². The minimum atomic E-state index is 0.0124. The highest BCUT2D eigenvalue weighted by atomic mass is 79.9. The van der Waals surface area contributed by atoms with Crippen molar-refractivity contribution in [1.29, 1.82) is 0 Å². The van der Waals surface area contributed by atoms with Gasteiger partial charge in [-0.05, 0) is 47.3 Å². The lowest BCUT2D eigenvalue weighted by atomic mass is 9.92. The summed E-state index contributed by atoms with van der Waals surface area (Å²) >= 11 is 9.18. The molecule has 4 nitrogen and oxygen atoms in total. The Kier molecular flexibility index (Phi) is 3.66. The average Bonchev–Trinajstić information content (AvgIpc) is 2.24. The molecular formula is C10H13BrClN3O. The first-order valence-electron chi connectivity index (χ1n) is 5.13. The van der Waals surface area contributed by atoms with Crippen molar-refractivity contribution in [2.45, 2.75) is 25.3 Å². The molecule has 0 aliphatic carbocycles. The molecule has 1 fully saturated rings. The van der Waals surface area contributed by atoms with Gasteiger partial charge in [-0.3, -0.25) is 0 Å². The van der Waals surface area contributed by atoms with E-state index in [1.165, 1.54) is 0 Å². The van der Waals surface area contributed by atoms with E-state index >= 15 is 0 Å². The Morgan fingerprint density at radius 1 is 1.50 bits per heavy atom. The van der Waals surface area contributed by atoms with Gasteiger partial charge in [-0.2, -0.15) is 4.98 Å². The molecule has 0 radical (unpaired) electrons. The molecule has 1 aromatic heterocycles. The van der Waals surface area contributed by atoms with Crippen LogP contribution < -0.4 is 5.32 Å². The quantitative estimate of drug-likeness (QED) is 0.854. The molecule has 0 aromatic carbocycles. The van der Waals surface area contributed by atoms with Gasteiger partial charge < -0.3 is 10.1 Å². The molecule has 0 spiro atoms. The predicted molar refractivity (Wildman–Crippen MR) is 66.8 cm³/mol. The van der Waals surface area contributed by atoms with E-state index in [4.69, 9.17) is 16.3 Å². The second-order valence-electron chi connectivity index (χ2n) is 4.13. The number of nitrogens with zero attached hydrogens (tertiary/aromatic N) is 2. The summed E-state index contributed by atoms with van der Waals surface area (Å²) in [6, 6.07) is 0. The fraction of sp³-hybridized carbons (Fsp3) is 0.600. The van der Waals surface area contributed by atoms with Gasteiger partial charge in [0.05, 0.1) is 4.47 Å². The van der Waals surface area contributed by atoms with E-state index in [0.717, 1.165) is 36.3 Å². The van der Waals surface area contributed by atoms with Crippen molar-refractivity contribution in [2.75, 3.05) is 18.5 Å². The molecule has 0 saturated carbocycles. The first kappa shape index (κ1) is 12.1. The third kappa shape index (κ3) is 2.84. The molecule has 0 unspecified atom stereocenters. The number of anilines is 1. The van der Waals surface area contributed by atoms with Gasteiger partial charge in [-0.15, -0.1) is 0 Å². The predicted octanol–water partition coefficient (Wildman–Crippen LogP) is 2.87. The van der Waals surface area contributed by atoms with Gasteiger partial charge in [0.25, 0.3) is 0 Å². The maximum absolute atomic E-state index is 5.77. The first-order valence-corrected chi connectivity index (χ1v) is 6.30. The highest BCUT2D eigenvalue weighted by Crippen LogP contribution is 2.28. The molecule has 0 bridgehead atoms. The Morgan fingerprint density at radius 2 is 2.19 bits per heavy atom. The molecule has 1 N–H and O–H groups in total. The number of hydrogen-bond donors (Lipinski definition) is 1. The van der Waals surface area contributed by atoms with Gasteiger partial charge in [0, 0.05) is 24.9 Å².